The maximum Gasteiger partial charge on any atom is 0.201 e. The highest BCUT2D eigenvalue weighted by Crippen LogP contribution is 2.63. The number of fused-ring (bicyclic) bond motifs is 5. The molecule has 0 aromatic carbocycles. The van der Waals surface area contributed by atoms with Crippen LogP contribution in [-0.4, -0.2) is 36.1 Å². The molecule has 4 aliphatic rings. The van der Waals surface area contributed by atoms with Crippen molar-refractivity contribution in [3.8, 4) is 12.1 Å². The third-order valence-corrected chi connectivity index (χ3v) is 11.0. The molecule has 0 bridgehead atoms. The molecule has 6 rings (SSSR count). The molecule has 2 aromatic rings. The Hall–Kier alpha value is -2.97. The zero-order chi connectivity index (χ0) is 26.7. The predicted octanol–water partition coefficient (Wildman–Crippen LogP) is 4.85. The summed E-state index contributed by atoms with van der Waals surface area (Å²) in [4.78, 5) is 14.5. The van der Waals surface area contributed by atoms with Gasteiger partial charge >= 0.3 is 0 Å². The fraction of sp³-hybridized carbons (Fsp3) is 0.700. The quantitative estimate of drug-likeness (QED) is 0.623. The Labute approximate surface area is 224 Å². The average Bonchev–Trinajstić information content (AvgIpc) is 3.57. The van der Waals surface area contributed by atoms with Gasteiger partial charge in [0.05, 0.1) is 29.1 Å². The molecule has 1 N–H and O–H groups in total. The van der Waals surface area contributed by atoms with Crippen LogP contribution in [-0.2, 0) is 4.79 Å². The van der Waals surface area contributed by atoms with Crippen LogP contribution in [0.15, 0.2) is 24.8 Å². The van der Waals surface area contributed by atoms with E-state index in [9.17, 15) is 20.4 Å². The highest BCUT2D eigenvalue weighted by Gasteiger charge is 2.58. The molecule has 4 fully saturated rings. The summed E-state index contributed by atoms with van der Waals surface area (Å²) >= 11 is 0. The second kappa shape index (κ2) is 9.35. The molecule has 0 unspecified atom stereocenters. The number of Topliss-reactive ketones (excluding diaryl/α,β-unsaturated/α-hetero) is 1. The van der Waals surface area contributed by atoms with Crippen molar-refractivity contribution in [2.24, 2.45) is 40.9 Å². The van der Waals surface area contributed by atoms with Crippen LogP contribution in [0.3, 0.4) is 0 Å². The van der Waals surface area contributed by atoms with Gasteiger partial charge in [-0.15, -0.1) is 0 Å². The number of hydrogen-bond donors (Lipinski definition) is 1. The third kappa shape index (κ3) is 4.09. The topological polar surface area (TPSA) is 121 Å². The van der Waals surface area contributed by atoms with E-state index in [0.717, 1.165) is 44.9 Å². The summed E-state index contributed by atoms with van der Waals surface area (Å²) in [6, 6.07) is 4.22. The van der Waals surface area contributed by atoms with Crippen molar-refractivity contribution in [3.05, 3.63) is 35.9 Å². The second-order valence-corrected chi connectivity index (χ2v) is 13.1. The Kier molecular flexibility index (Phi) is 6.23. The molecule has 38 heavy (non-hydrogen) atoms. The summed E-state index contributed by atoms with van der Waals surface area (Å²) in [5, 5.41) is 38.2. The van der Waals surface area contributed by atoms with Gasteiger partial charge in [0.15, 0.2) is 5.78 Å². The summed E-state index contributed by atoms with van der Waals surface area (Å²) in [5.74, 6) is 3.19. The van der Waals surface area contributed by atoms with Gasteiger partial charge in [0.1, 0.15) is 12.1 Å². The minimum absolute atomic E-state index is 0.0817. The van der Waals surface area contributed by atoms with Crippen molar-refractivity contribution in [3.63, 3.8) is 0 Å². The van der Waals surface area contributed by atoms with E-state index in [1.54, 1.807) is 21.8 Å². The lowest BCUT2D eigenvalue weighted by Crippen LogP contribution is -2.55. The molecule has 4 aliphatic carbocycles. The highest BCUT2D eigenvalue weighted by molar-refractivity contribution is 5.85. The number of carbonyl (C=O) groups excluding carboxylic acids is 1. The van der Waals surface area contributed by atoms with Crippen molar-refractivity contribution in [2.45, 2.75) is 89.8 Å². The molecule has 0 spiro atoms. The van der Waals surface area contributed by atoms with Gasteiger partial charge in [-0.2, -0.15) is 20.7 Å². The molecule has 0 amide bonds. The van der Waals surface area contributed by atoms with Crippen molar-refractivity contribution < 1.29 is 9.90 Å². The summed E-state index contributed by atoms with van der Waals surface area (Å²) < 4.78 is 3.10. The SMILES string of the molecule is C[C@@]1(O)CC[C@H]2[C@H](CC[C@@H]3[C@@H]2CC[C@]2(C)[C@@H](C(=O)C(n4cc(C#N)cn4)n4cc(C#N)cn4)CCC[C@@H]32)C1. The number of nitrogens with zero attached hydrogens (tertiary/aromatic N) is 6. The molecular weight excluding hydrogens is 476 g/mol. The predicted molar refractivity (Wildman–Crippen MR) is 139 cm³/mol. The van der Waals surface area contributed by atoms with Crippen LogP contribution in [0.5, 0.6) is 0 Å². The first-order valence-electron chi connectivity index (χ1n) is 14.4. The van der Waals surface area contributed by atoms with Gasteiger partial charge in [-0.05, 0) is 99.7 Å². The van der Waals surface area contributed by atoms with Crippen LogP contribution in [0.25, 0.3) is 0 Å². The highest BCUT2D eigenvalue weighted by atomic mass is 16.3. The molecule has 2 heterocycles. The Balaban J connectivity index is 1.30. The lowest BCUT2D eigenvalue weighted by Gasteiger charge is -2.60. The summed E-state index contributed by atoms with van der Waals surface area (Å²) in [6.07, 6.45) is 16.0. The van der Waals surface area contributed by atoms with E-state index in [4.69, 9.17) is 0 Å². The van der Waals surface area contributed by atoms with Gasteiger partial charge in [-0.1, -0.05) is 13.3 Å². The van der Waals surface area contributed by atoms with Gasteiger partial charge in [0.2, 0.25) is 6.17 Å². The molecule has 4 saturated carbocycles. The van der Waals surface area contributed by atoms with Crippen LogP contribution in [0, 0.1) is 63.6 Å². The maximum absolute atomic E-state index is 14.5. The fourth-order valence-electron chi connectivity index (χ4n) is 9.37. The first-order valence-corrected chi connectivity index (χ1v) is 14.4. The lowest BCUT2D eigenvalue weighted by atomic mass is 9.44. The minimum Gasteiger partial charge on any atom is -0.390 e. The minimum atomic E-state index is -0.811. The molecule has 0 saturated heterocycles. The van der Waals surface area contributed by atoms with E-state index in [1.807, 2.05) is 6.92 Å². The number of ketones is 1. The third-order valence-electron chi connectivity index (χ3n) is 11.0. The number of aromatic nitrogens is 4. The molecule has 8 nitrogen and oxygen atoms in total. The molecule has 0 aliphatic heterocycles. The van der Waals surface area contributed by atoms with E-state index in [2.05, 4.69) is 29.3 Å². The first-order chi connectivity index (χ1) is 18.2. The number of carbonyl (C=O) groups is 1. The summed E-state index contributed by atoms with van der Waals surface area (Å²) in [6.45, 7) is 4.37. The number of aliphatic hydroxyl groups is 1. The number of hydrogen-bond acceptors (Lipinski definition) is 6. The smallest absolute Gasteiger partial charge is 0.201 e. The Bertz CT molecular complexity index is 1240. The lowest BCUT2D eigenvalue weighted by molar-refractivity contribution is -0.151. The number of rotatable bonds is 4. The van der Waals surface area contributed by atoms with Crippen LogP contribution in [0.4, 0.5) is 0 Å². The normalized spacial score (nSPS) is 38.4. The van der Waals surface area contributed by atoms with Crippen LogP contribution in [0.1, 0.15) is 95.3 Å². The van der Waals surface area contributed by atoms with Gasteiger partial charge in [-0.3, -0.25) is 4.79 Å². The Morgan fingerprint density at radius 2 is 1.61 bits per heavy atom. The van der Waals surface area contributed by atoms with E-state index in [1.165, 1.54) is 31.7 Å². The van der Waals surface area contributed by atoms with Gasteiger partial charge in [0.25, 0.3) is 0 Å². The van der Waals surface area contributed by atoms with Crippen LogP contribution in [0.2, 0.25) is 0 Å². The zero-order valence-electron chi connectivity index (χ0n) is 22.5. The Morgan fingerprint density at radius 3 is 2.24 bits per heavy atom. The van der Waals surface area contributed by atoms with Crippen molar-refractivity contribution in [1.82, 2.24) is 19.6 Å². The van der Waals surface area contributed by atoms with Gasteiger partial charge < -0.3 is 5.11 Å². The van der Waals surface area contributed by atoms with E-state index < -0.39 is 11.8 Å². The van der Waals surface area contributed by atoms with E-state index >= 15 is 0 Å². The first kappa shape index (κ1) is 25.3. The molecule has 0 radical (unpaired) electrons. The van der Waals surface area contributed by atoms with Crippen LogP contribution < -0.4 is 0 Å². The average molecular weight is 515 g/mol. The molecule has 200 valence electrons. The van der Waals surface area contributed by atoms with Gasteiger partial charge in [0, 0.05) is 18.3 Å². The van der Waals surface area contributed by atoms with Gasteiger partial charge in [-0.25, -0.2) is 9.36 Å². The monoisotopic (exact) mass is 514 g/mol. The van der Waals surface area contributed by atoms with Crippen molar-refractivity contribution >= 4 is 5.78 Å². The second-order valence-electron chi connectivity index (χ2n) is 13.1. The van der Waals surface area contributed by atoms with Crippen molar-refractivity contribution in [2.75, 3.05) is 0 Å². The number of nitriles is 2. The largest absolute Gasteiger partial charge is 0.390 e. The Morgan fingerprint density at radius 1 is 0.947 bits per heavy atom. The molecule has 8 heteroatoms. The van der Waals surface area contributed by atoms with Crippen LogP contribution >= 0.6 is 0 Å². The van der Waals surface area contributed by atoms with E-state index in [0.29, 0.717) is 40.7 Å². The molecule has 2 aromatic heterocycles. The fourth-order valence-corrected chi connectivity index (χ4v) is 9.37. The van der Waals surface area contributed by atoms with E-state index in [-0.39, 0.29) is 17.1 Å². The molecule has 8 atom stereocenters. The van der Waals surface area contributed by atoms with Crippen molar-refractivity contribution in [1.29, 1.82) is 10.5 Å². The zero-order valence-corrected chi connectivity index (χ0v) is 22.5. The summed E-state index contributed by atoms with van der Waals surface area (Å²) in [7, 11) is 0. The molecular formula is C30H38N6O2. The standard InChI is InChI=1S/C30H38N6O2/c1-29(38)10-8-22-21(12-29)6-7-24-23(22)9-11-30(2)25(24)4-3-5-26(30)27(37)28(35-17-19(13-31)15-33-35)36-18-20(14-32)16-34-36/h15-18,21-26,28,38H,3-12H2,1-2H3/t21-,22+,23-,24-,25+,26-,29-,30+/m1/s1. The maximum atomic E-state index is 14.5. The summed E-state index contributed by atoms with van der Waals surface area (Å²) in [5.41, 5.74) is 0.196.